The minimum absolute atomic E-state index is 1.05. The van der Waals surface area contributed by atoms with Crippen LogP contribution < -0.4 is 0 Å². The van der Waals surface area contributed by atoms with Crippen LogP contribution in [0.25, 0.3) is 5.69 Å². The molecule has 0 unspecified atom stereocenters. The van der Waals surface area contributed by atoms with Crippen LogP contribution in [0.3, 0.4) is 0 Å². The fraction of sp³-hybridized carbons (Fsp3) is 0.273. The van der Waals surface area contributed by atoms with Gasteiger partial charge in [-0.1, -0.05) is 6.92 Å². The van der Waals surface area contributed by atoms with Crippen molar-refractivity contribution >= 4 is 22.6 Å². The van der Waals surface area contributed by atoms with Gasteiger partial charge in [0.25, 0.3) is 0 Å². The van der Waals surface area contributed by atoms with E-state index < -0.39 is 0 Å². The normalized spacial score (nSPS) is 10.6. The van der Waals surface area contributed by atoms with E-state index >= 15 is 0 Å². The lowest BCUT2D eigenvalue weighted by atomic mass is 10.1. The SMILES string of the molecule is CCc1cc(-n2cnnc2)cc(C)c1I. The van der Waals surface area contributed by atoms with Gasteiger partial charge in [-0.2, -0.15) is 0 Å². The van der Waals surface area contributed by atoms with E-state index in [1.165, 1.54) is 14.7 Å². The predicted molar refractivity (Wildman–Crippen MR) is 68.2 cm³/mol. The highest BCUT2D eigenvalue weighted by molar-refractivity contribution is 14.1. The minimum atomic E-state index is 1.05. The maximum absolute atomic E-state index is 3.82. The van der Waals surface area contributed by atoms with Crippen molar-refractivity contribution in [2.45, 2.75) is 20.3 Å². The second kappa shape index (κ2) is 4.30. The molecule has 0 N–H and O–H groups in total. The Balaban J connectivity index is 2.55. The fourth-order valence-corrected chi connectivity index (χ4v) is 2.26. The van der Waals surface area contributed by atoms with E-state index in [0.717, 1.165) is 12.1 Å². The van der Waals surface area contributed by atoms with Gasteiger partial charge >= 0.3 is 0 Å². The summed E-state index contributed by atoms with van der Waals surface area (Å²) in [4.78, 5) is 0. The van der Waals surface area contributed by atoms with Gasteiger partial charge in [-0.3, -0.25) is 4.57 Å². The number of halogens is 1. The summed E-state index contributed by atoms with van der Waals surface area (Å²) >= 11 is 2.40. The molecule has 2 rings (SSSR count). The molecule has 0 spiro atoms. The lowest BCUT2D eigenvalue weighted by Gasteiger charge is -2.09. The first kappa shape index (κ1) is 10.6. The van der Waals surface area contributed by atoms with Gasteiger partial charge in [0, 0.05) is 9.26 Å². The minimum Gasteiger partial charge on any atom is -0.288 e. The zero-order valence-electron chi connectivity index (χ0n) is 8.74. The van der Waals surface area contributed by atoms with E-state index in [-0.39, 0.29) is 0 Å². The Morgan fingerprint density at radius 3 is 2.53 bits per heavy atom. The summed E-state index contributed by atoms with van der Waals surface area (Å²) in [5, 5.41) is 7.63. The van der Waals surface area contributed by atoms with E-state index in [9.17, 15) is 0 Å². The third-order valence-electron chi connectivity index (χ3n) is 2.41. The van der Waals surface area contributed by atoms with Crippen molar-refractivity contribution in [3.05, 3.63) is 39.5 Å². The monoisotopic (exact) mass is 313 g/mol. The van der Waals surface area contributed by atoms with E-state index in [1.807, 2.05) is 4.57 Å². The van der Waals surface area contributed by atoms with Crippen molar-refractivity contribution in [2.24, 2.45) is 0 Å². The van der Waals surface area contributed by atoms with Gasteiger partial charge in [-0.05, 0) is 59.2 Å². The number of aryl methyl sites for hydroxylation is 2. The van der Waals surface area contributed by atoms with Crippen LogP contribution in [0.5, 0.6) is 0 Å². The summed E-state index contributed by atoms with van der Waals surface area (Å²) in [5.41, 5.74) is 3.81. The van der Waals surface area contributed by atoms with E-state index in [0.29, 0.717) is 0 Å². The molecule has 0 saturated carbocycles. The molecular formula is C11H12IN3. The van der Waals surface area contributed by atoms with Gasteiger partial charge in [-0.25, -0.2) is 0 Å². The summed E-state index contributed by atoms with van der Waals surface area (Å²) in [6, 6.07) is 4.35. The van der Waals surface area contributed by atoms with Crippen LogP contribution in [0.1, 0.15) is 18.1 Å². The molecule has 0 aliphatic rings. The molecule has 15 heavy (non-hydrogen) atoms. The fourth-order valence-electron chi connectivity index (χ4n) is 1.56. The van der Waals surface area contributed by atoms with Crippen LogP contribution in [-0.2, 0) is 6.42 Å². The second-order valence-electron chi connectivity index (χ2n) is 3.46. The summed E-state index contributed by atoms with van der Waals surface area (Å²) in [6.45, 7) is 4.31. The molecule has 0 fully saturated rings. The first-order valence-corrected chi connectivity index (χ1v) is 5.94. The van der Waals surface area contributed by atoms with E-state index in [1.54, 1.807) is 12.7 Å². The van der Waals surface area contributed by atoms with Crippen molar-refractivity contribution < 1.29 is 0 Å². The van der Waals surface area contributed by atoms with E-state index in [2.05, 4.69) is 58.8 Å². The zero-order valence-corrected chi connectivity index (χ0v) is 10.9. The van der Waals surface area contributed by atoms with Gasteiger partial charge in [0.1, 0.15) is 12.7 Å². The lowest BCUT2D eigenvalue weighted by Crippen LogP contribution is -1.97. The van der Waals surface area contributed by atoms with Crippen molar-refractivity contribution in [3.8, 4) is 5.69 Å². The van der Waals surface area contributed by atoms with Gasteiger partial charge in [0.15, 0.2) is 0 Å². The van der Waals surface area contributed by atoms with E-state index in [4.69, 9.17) is 0 Å². The van der Waals surface area contributed by atoms with Gasteiger partial charge in [0.2, 0.25) is 0 Å². The maximum Gasteiger partial charge on any atom is 0.123 e. The number of hydrogen-bond donors (Lipinski definition) is 0. The molecule has 1 aromatic heterocycles. The molecule has 3 nitrogen and oxygen atoms in total. The van der Waals surface area contributed by atoms with Crippen LogP contribution in [0.4, 0.5) is 0 Å². The molecule has 0 amide bonds. The number of hydrogen-bond acceptors (Lipinski definition) is 2. The third kappa shape index (κ3) is 2.04. The van der Waals surface area contributed by atoms with Crippen LogP contribution in [0, 0.1) is 10.5 Å². The molecule has 0 aliphatic carbocycles. The largest absolute Gasteiger partial charge is 0.288 e. The number of nitrogens with zero attached hydrogens (tertiary/aromatic N) is 3. The van der Waals surface area contributed by atoms with Crippen LogP contribution in [-0.4, -0.2) is 14.8 Å². The molecular weight excluding hydrogens is 301 g/mol. The quantitative estimate of drug-likeness (QED) is 0.798. The molecule has 0 radical (unpaired) electrons. The predicted octanol–water partition coefficient (Wildman–Crippen LogP) is 2.74. The van der Waals surface area contributed by atoms with Gasteiger partial charge < -0.3 is 0 Å². The topological polar surface area (TPSA) is 30.7 Å². The van der Waals surface area contributed by atoms with Gasteiger partial charge in [-0.15, -0.1) is 10.2 Å². The van der Waals surface area contributed by atoms with Crippen LogP contribution in [0.15, 0.2) is 24.8 Å². The highest BCUT2D eigenvalue weighted by atomic mass is 127. The molecule has 4 heteroatoms. The van der Waals surface area contributed by atoms with Crippen molar-refractivity contribution in [2.75, 3.05) is 0 Å². The van der Waals surface area contributed by atoms with Crippen LogP contribution >= 0.6 is 22.6 Å². The molecule has 0 atom stereocenters. The van der Waals surface area contributed by atoms with Crippen molar-refractivity contribution in [1.29, 1.82) is 0 Å². The Hall–Kier alpha value is -0.910. The number of benzene rings is 1. The summed E-state index contributed by atoms with van der Waals surface area (Å²) in [5.74, 6) is 0. The average Bonchev–Trinajstić information content (AvgIpc) is 2.75. The molecule has 1 aromatic carbocycles. The molecule has 1 heterocycles. The summed E-state index contributed by atoms with van der Waals surface area (Å²) < 4.78 is 3.29. The summed E-state index contributed by atoms with van der Waals surface area (Å²) in [6.07, 6.45) is 4.50. The molecule has 78 valence electrons. The Bertz CT molecular complexity index is 463. The van der Waals surface area contributed by atoms with Crippen LogP contribution in [0.2, 0.25) is 0 Å². The molecule has 0 bridgehead atoms. The number of rotatable bonds is 2. The third-order valence-corrected chi connectivity index (χ3v) is 3.96. The first-order valence-electron chi connectivity index (χ1n) is 4.86. The Labute approximate surface area is 103 Å². The second-order valence-corrected chi connectivity index (χ2v) is 4.54. The Morgan fingerprint density at radius 2 is 1.93 bits per heavy atom. The Morgan fingerprint density at radius 1 is 1.27 bits per heavy atom. The molecule has 2 aromatic rings. The first-order chi connectivity index (χ1) is 7.22. The Kier molecular flexibility index (Phi) is 3.04. The molecule has 0 aliphatic heterocycles. The van der Waals surface area contributed by atoms with Gasteiger partial charge in [0.05, 0.1) is 0 Å². The number of aromatic nitrogens is 3. The zero-order chi connectivity index (χ0) is 10.8. The lowest BCUT2D eigenvalue weighted by molar-refractivity contribution is 1.03. The average molecular weight is 313 g/mol. The highest BCUT2D eigenvalue weighted by Gasteiger charge is 2.05. The highest BCUT2D eigenvalue weighted by Crippen LogP contribution is 2.21. The smallest absolute Gasteiger partial charge is 0.123 e. The summed E-state index contributed by atoms with van der Waals surface area (Å²) in [7, 11) is 0. The molecule has 0 saturated heterocycles. The maximum atomic E-state index is 3.82. The van der Waals surface area contributed by atoms with Crippen molar-refractivity contribution in [3.63, 3.8) is 0 Å². The van der Waals surface area contributed by atoms with Crippen molar-refractivity contribution in [1.82, 2.24) is 14.8 Å². The standard InChI is InChI=1S/C11H12IN3/c1-3-9-5-10(4-8(2)11(9)12)15-6-13-14-7-15/h4-7H,3H2,1-2H3.